The minimum Gasteiger partial charge on any atom is -0.393 e. The number of rotatable bonds is 4. The zero-order valence-corrected chi connectivity index (χ0v) is 10.1. The molecule has 0 spiro atoms. The molecule has 6 nitrogen and oxygen atoms in total. The second-order valence-corrected chi connectivity index (χ2v) is 3.98. The lowest BCUT2D eigenvalue weighted by molar-refractivity contribution is 0.767. The van der Waals surface area contributed by atoms with Crippen molar-refractivity contribution in [2.45, 2.75) is 6.42 Å². The van der Waals surface area contributed by atoms with Gasteiger partial charge in [-0.25, -0.2) is 9.97 Å². The van der Waals surface area contributed by atoms with Gasteiger partial charge in [0.05, 0.1) is 6.20 Å². The molecule has 0 unspecified atom stereocenters. The lowest BCUT2D eigenvalue weighted by Gasteiger charge is -2.07. The van der Waals surface area contributed by atoms with Crippen molar-refractivity contribution in [3.63, 3.8) is 0 Å². The van der Waals surface area contributed by atoms with Crippen molar-refractivity contribution in [2.24, 2.45) is 7.05 Å². The number of aromatic nitrogens is 4. The Morgan fingerprint density at radius 2 is 2.29 bits per heavy atom. The number of hydrogen-bond donors (Lipinski definition) is 2. The maximum Gasteiger partial charge on any atom is 0.157 e. The summed E-state index contributed by atoms with van der Waals surface area (Å²) < 4.78 is 1.77. The van der Waals surface area contributed by atoms with E-state index in [0.717, 1.165) is 12.0 Å². The minimum absolute atomic E-state index is 0.267. The number of aryl methyl sites for hydroxylation is 1. The second-order valence-electron chi connectivity index (χ2n) is 3.63. The first-order valence-corrected chi connectivity index (χ1v) is 5.52. The maximum atomic E-state index is 5.78. The summed E-state index contributed by atoms with van der Waals surface area (Å²) in [7, 11) is 1.89. The van der Waals surface area contributed by atoms with E-state index < -0.39 is 0 Å². The van der Waals surface area contributed by atoms with Crippen LogP contribution < -0.4 is 11.1 Å². The predicted octanol–water partition coefficient (Wildman–Crippen LogP) is 1.10. The highest BCUT2D eigenvalue weighted by molar-refractivity contribution is 6.32. The summed E-state index contributed by atoms with van der Waals surface area (Å²) in [6.45, 7) is 0.712. The van der Waals surface area contributed by atoms with Crippen LogP contribution in [-0.4, -0.2) is 26.3 Å². The van der Waals surface area contributed by atoms with Crippen molar-refractivity contribution in [2.75, 3.05) is 17.6 Å². The summed E-state index contributed by atoms with van der Waals surface area (Å²) in [5.41, 5.74) is 7.26. The average Bonchev–Trinajstić information content (AvgIpc) is 2.70. The Balaban J connectivity index is 1.92. The van der Waals surface area contributed by atoms with Crippen molar-refractivity contribution < 1.29 is 0 Å². The quantitative estimate of drug-likeness (QED) is 0.797. The van der Waals surface area contributed by atoms with E-state index in [1.165, 1.54) is 6.33 Å². The van der Waals surface area contributed by atoms with Crippen LogP contribution in [0.4, 0.5) is 11.5 Å². The number of anilines is 2. The van der Waals surface area contributed by atoms with Gasteiger partial charge in [0.2, 0.25) is 0 Å². The van der Waals surface area contributed by atoms with Gasteiger partial charge in [-0.05, 0) is 12.0 Å². The first-order chi connectivity index (χ1) is 8.16. The lowest BCUT2D eigenvalue weighted by Crippen LogP contribution is -2.09. The van der Waals surface area contributed by atoms with Crippen LogP contribution in [0.25, 0.3) is 0 Å². The van der Waals surface area contributed by atoms with Gasteiger partial charge in [0.1, 0.15) is 12.0 Å². The fourth-order valence-electron chi connectivity index (χ4n) is 1.44. The summed E-state index contributed by atoms with van der Waals surface area (Å²) in [5.74, 6) is 0.564. The van der Waals surface area contributed by atoms with E-state index in [-0.39, 0.29) is 5.15 Å². The van der Waals surface area contributed by atoms with E-state index in [2.05, 4.69) is 20.4 Å². The van der Waals surface area contributed by atoms with Crippen LogP contribution in [0.1, 0.15) is 5.56 Å². The molecular weight excluding hydrogens is 240 g/mol. The Kier molecular flexibility index (Phi) is 3.43. The fraction of sp³-hybridized carbons (Fsp3) is 0.300. The summed E-state index contributed by atoms with van der Waals surface area (Å²) in [6, 6.07) is 0. The van der Waals surface area contributed by atoms with E-state index in [4.69, 9.17) is 17.3 Å². The molecule has 0 fully saturated rings. The molecule has 0 atom stereocenters. The molecule has 2 aromatic rings. The van der Waals surface area contributed by atoms with E-state index >= 15 is 0 Å². The summed E-state index contributed by atoms with van der Waals surface area (Å²) >= 11 is 5.78. The zero-order chi connectivity index (χ0) is 12.3. The first-order valence-electron chi connectivity index (χ1n) is 5.14. The normalized spacial score (nSPS) is 10.5. The Morgan fingerprint density at radius 1 is 1.47 bits per heavy atom. The van der Waals surface area contributed by atoms with Gasteiger partial charge < -0.3 is 11.1 Å². The molecule has 7 heteroatoms. The molecule has 2 heterocycles. The number of nitrogen functional groups attached to an aromatic ring is 1. The monoisotopic (exact) mass is 252 g/mol. The second kappa shape index (κ2) is 5.01. The number of hydrogen-bond acceptors (Lipinski definition) is 5. The summed E-state index contributed by atoms with van der Waals surface area (Å²) in [6.07, 6.45) is 6.02. The van der Waals surface area contributed by atoms with Crippen molar-refractivity contribution in [1.29, 1.82) is 0 Å². The van der Waals surface area contributed by atoms with Gasteiger partial charge in [-0.3, -0.25) is 4.68 Å². The zero-order valence-electron chi connectivity index (χ0n) is 9.39. The molecule has 0 aliphatic heterocycles. The highest BCUT2D eigenvalue weighted by atomic mass is 35.5. The van der Waals surface area contributed by atoms with Gasteiger partial charge in [0, 0.05) is 19.8 Å². The van der Waals surface area contributed by atoms with E-state index in [0.29, 0.717) is 18.1 Å². The highest BCUT2D eigenvalue weighted by Crippen LogP contribution is 2.21. The summed E-state index contributed by atoms with van der Waals surface area (Å²) in [4.78, 5) is 7.81. The van der Waals surface area contributed by atoms with Crippen molar-refractivity contribution >= 4 is 23.1 Å². The summed E-state index contributed by atoms with van der Waals surface area (Å²) in [5, 5.41) is 7.47. The molecule has 0 aromatic carbocycles. The third kappa shape index (κ3) is 2.85. The molecule has 0 aliphatic rings. The fourth-order valence-corrected chi connectivity index (χ4v) is 1.57. The Hall–Kier alpha value is -1.82. The molecule has 0 amide bonds. The van der Waals surface area contributed by atoms with E-state index in [1.807, 2.05) is 19.4 Å². The van der Waals surface area contributed by atoms with Gasteiger partial charge in [0.15, 0.2) is 11.0 Å². The molecule has 2 rings (SSSR count). The number of nitrogens with one attached hydrogen (secondary N) is 1. The Morgan fingerprint density at radius 3 is 3.00 bits per heavy atom. The molecule has 0 saturated carbocycles. The van der Waals surface area contributed by atoms with Crippen molar-refractivity contribution in [1.82, 2.24) is 19.7 Å². The van der Waals surface area contributed by atoms with Crippen molar-refractivity contribution in [3.05, 3.63) is 29.4 Å². The largest absolute Gasteiger partial charge is 0.393 e. The van der Waals surface area contributed by atoms with Gasteiger partial charge in [0.25, 0.3) is 0 Å². The van der Waals surface area contributed by atoms with E-state index in [9.17, 15) is 0 Å². The molecule has 17 heavy (non-hydrogen) atoms. The number of nitrogens with zero attached hydrogens (tertiary/aromatic N) is 4. The highest BCUT2D eigenvalue weighted by Gasteiger charge is 2.05. The van der Waals surface area contributed by atoms with Crippen LogP contribution in [0.3, 0.4) is 0 Å². The van der Waals surface area contributed by atoms with Crippen molar-refractivity contribution in [3.8, 4) is 0 Å². The lowest BCUT2D eigenvalue weighted by atomic mass is 10.2. The Labute approximate surface area is 104 Å². The number of nitrogens with two attached hydrogens (primary N) is 1. The van der Waals surface area contributed by atoms with Crippen LogP contribution in [0.15, 0.2) is 18.7 Å². The molecular formula is C10H13ClN6. The molecule has 0 aliphatic carbocycles. The maximum absolute atomic E-state index is 5.78. The first kappa shape index (κ1) is 11.7. The molecule has 3 N–H and O–H groups in total. The molecule has 90 valence electrons. The topological polar surface area (TPSA) is 81.7 Å². The van der Waals surface area contributed by atoms with E-state index in [1.54, 1.807) is 4.68 Å². The van der Waals surface area contributed by atoms with Crippen LogP contribution in [0.2, 0.25) is 5.15 Å². The third-order valence-electron chi connectivity index (χ3n) is 2.30. The van der Waals surface area contributed by atoms with Crippen LogP contribution in [0, 0.1) is 0 Å². The SMILES string of the molecule is Cn1cc(CCNc2ncnc(Cl)c2N)cn1. The average molecular weight is 253 g/mol. The minimum atomic E-state index is 0.267. The Bertz CT molecular complexity index is 509. The van der Waals surface area contributed by atoms with Crippen LogP contribution in [0.5, 0.6) is 0 Å². The van der Waals surface area contributed by atoms with Crippen LogP contribution >= 0.6 is 11.6 Å². The van der Waals surface area contributed by atoms with Crippen LogP contribution in [-0.2, 0) is 13.5 Å². The molecule has 0 radical (unpaired) electrons. The molecule has 0 saturated heterocycles. The number of halogens is 1. The molecule has 0 bridgehead atoms. The standard InChI is InChI=1S/C10H13ClN6/c1-17-5-7(4-16-17)2-3-13-10-8(12)9(11)14-6-15-10/h4-6H,2-3,12H2,1H3,(H,13,14,15). The van der Waals surface area contributed by atoms with Gasteiger partial charge >= 0.3 is 0 Å². The smallest absolute Gasteiger partial charge is 0.157 e. The molecule has 2 aromatic heterocycles. The predicted molar refractivity (Wildman–Crippen MR) is 66.9 cm³/mol. The third-order valence-corrected chi connectivity index (χ3v) is 2.60. The van der Waals surface area contributed by atoms with Gasteiger partial charge in [-0.1, -0.05) is 11.6 Å². The van der Waals surface area contributed by atoms with Gasteiger partial charge in [-0.2, -0.15) is 5.10 Å². The van der Waals surface area contributed by atoms with Gasteiger partial charge in [-0.15, -0.1) is 0 Å².